The fraction of sp³-hybridized carbons (Fsp3) is 0.143. The molecule has 82 valence electrons. The third-order valence-corrected chi connectivity index (χ3v) is 2.42. The quantitative estimate of drug-likeness (QED) is 0.794. The summed E-state index contributed by atoms with van der Waals surface area (Å²) in [7, 11) is 0. The Labute approximate surface area is 95.7 Å². The van der Waals surface area contributed by atoms with Crippen LogP contribution in [0, 0.1) is 0 Å². The molecule has 0 amide bonds. The van der Waals surface area contributed by atoms with Gasteiger partial charge < -0.3 is 10.5 Å². The lowest BCUT2D eigenvalue weighted by Crippen LogP contribution is -1.95. The van der Waals surface area contributed by atoms with Crippen LogP contribution in [0.25, 0.3) is 11.1 Å². The Bertz CT molecular complexity index is 465. The number of ether oxygens (including phenoxy) is 1. The molecule has 0 aliphatic heterocycles. The van der Waals surface area contributed by atoms with Crippen LogP contribution in [0.1, 0.15) is 6.92 Å². The summed E-state index contributed by atoms with van der Waals surface area (Å²) in [6.07, 6.45) is 0. The van der Waals surface area contributed by atoms with Crippen LogP contribution in [0.15, 0.2) is 48.5 Å². The van der Waals surface area contributed by atoms with Crippen LogP contribution < -0.4 is 10.5 Å². The molecule has 16 heavy (non-hydrogen) atoms. The van der Waals surface area contributed by atoms with Crippen molar-refractivity contribution in [2.45, 2.75) is 6.92 Å². The van der Waals surface area contributed by atoms with E-state index in [1.807, 2.05) is 55.5 Å². The van der Waals surface area contributed by atoms with Crippen molar-refractivity contribution < 1.29 is 4.74 Å². The topological polar surface area (TPSA) is 35.2 Å². The van der Waals surface area contributed by atoms with Gasteiger partial charge in [-0.15, -0.1) is 0 Å². The fourth-order valence-corrected chi connectivity index (χ4v) is 1.68. The van der Waals surface area contributed by atoms with Crippen LogP contribution in [0.4, 0.5) is 5.69 Å². The highest BCUT2D eigenvalue weighted by molar-refractivity contribution is 5.77. The smallest absolute Gasteiger partial charge is 0.121 e. The molecule has 0 bridgehead atoms. The maximum atomic E-state index is 6.00. The van der Waals surface area contributed by atoms with Gasteiger partial charge in [-0.25, -0.2) is 0 Å². The Balaban J connectivity index is 2.37. The highest BCUT2D eigenvalue weighted by Gasteiger charge is 2.03. The second-order valence-corrected chi connectivity index (χ2v) is 3.55. The molecule has 0 spiro atoms. The normalized spacial score (nSPS) is 10.1. The summed E-state index contributed by atoms with van der Waals surface area (Å²) >= 11 is 0. The molecular formula is C14H15NO. The molecule has 0 saturated heterocycles. The van der Waals surface area contributed by atoms with Gasteiger partial charge in [0.1, 0.15) is 5.75 Å². The molecule has 2 N–H and O–H groups in total. The third kappa shape index (κ3) is 2.16. The summed E-state index contributed by atoms with van der Waals surface area (Å²) < 4.78 is 5.40. The predicted octanol–water partition coefficient (Wildman–Crippen LogP) is 3.33. The second-order valence-electron chi connectivity index (χ2n) is 3.55. The Morgan fingerprint density at radius 1 is 1.06 bits per heavy atom. The first kappa shape index (κ1) is 10.6. The average molecular weight is 213 g/mol. The standard InChI is InChI=1S/C14H15NO/c1-2-16-12-8-9-13(14(15)10-12)11-6-4-3-5-7-11/h3-10H,2,15H2,1H3. The van der Waals surface area contributed by atoms with Gasteiger partial charge in [-0.2, -0.15) is 0 Å². The van der Waals surface area contributed by atoms with Crippen molar-refractivity contribution in [3.05, 3.63) is 48.5 Å². The second kappa shape index (κ2) is 4.71. The van der Waals surface area contributed by atoms with E-state index in [1.165, 1.54) is 0 Å². The van der Waals surface area contributed by atoms with Crippen LogP contribution in [0.2, 0.25) is 0 Å². The van der Waals surface area contributed by atoms with Crippen molar-refractivity contribution in [1.82, 2.24) is 0 Å². The van der Waals surface area contributed by atoms with Gasteiger partial charge in [-0.1, -0.05) is 30.3 Å². The van der Waals surface area contributed by atoms with Gasteiger partial charge in [0.15, 0.2) is 0 Å². The number of anilines is 1. The first-order chi connectivity index (χ1) is 7.81. The highest BCUT2D eigenvalue weighted by Crippen LogP contribution is 2.28. The van der Waals surface area contributed by atoms with Gasteiger partial charge in [0.25, 0.3) is 0 Å². The van der Waals surface area contributed by atoms with Crippen LogP contribution in [0.5, 0.6) is 5.75 Å². The summed E-state index contributed by atoms with van der Waals surface area (Å²) in [6, 6.07) is 15.9. The molecule has 0 aliphatic rings. The van der Waals surface area contributed by atoms with E-state index < -0.39 is 0 Å². The minimum absolute atomic E-state index is 0.657. The van der Waals surface area contributed by atoms with Gasteiger partial charge in [-0.05, 0) is 24.6 Å². The SMILES string of the molecule is CCOc1ccc(-c2ccccc2)c(N)c1. The van der Waals surface area contributed by atoms with Gasteiger partial charge in [-0.3, -0.25) is 0 Å². The molecule has 0 radical (unpaired) electrons. The van der Waals surface area contributed by atoms with Crippen molar-refractivity contribution in [3.8, 4) is 16.9 Å². The summed E-state index contributed by atoms with van der Waals surface area (Å²) in [6.45, 7) is 2.62. The number of nitrogens with two attached hydrogens (primary N) is 1. The molecule has 2 rings (SSSR count). The zero-order chi connectivity index (χ0) is 11.4. The monoisotopic (exact) mass is 213 g/mol. The highest BCUT2D eigenvalue weighted by atomic mass is 16.5. The molecule has 0 aromatic heterocycles. The number of hydrogen-bond acceptors (Lipinski definition) is 2. The summed E-state index contributed by atoms with van der Waals surface area (Å²) in [5.74, 6) is 0.819. The molecule has 0 aliphatic carbocycles. The number of hydrogen-bond donors (Lipinski definition) is 1. The van der Waals surface area contributed by atoms with Gasteiger partial charge >= 0.3 is 0 Å². The minimum Gasteiger partial charge on any atom is -0.494 e. The molecule has 2 aromatic carbocycles. The fourth-order valence-electron chi connectivity index (χ4n) is 1.68. The minimum atomic E-state index is 0.657. The van der Waals surface area contributed by atoms with E-state index in [-0.39, 0.29) is 0 Å². The van der Waals surface area contributed by atoms with Crippen molar-refractivity contribution >= 4 is 5.69 Å². The van der Waals surface area contributed by atoms with E-state index in [1.54, 1.807) is 0 Å². The Morgan fingerprint density at radius 3 is 2.44 bits per heavy atom. The number of rotatable bonds is 3. The number of nitrogen functional groups attached to an aromatic ring is 1. The van der Waals surface area contributed by atoms with Crippen LogP contribution in [-0.4, -0.2) is 6.61 Å². The van der Waals surface area contributed by atoms with E-state index in [2.05, 4.69) is 0 Å². The zero-order valence-electron chi connectivity index (χ0n) is 9.31. The Hall–Kier alpha value is -1.96. The van der Waals surface area contributed by atoms with Crippen molar-refractivity contribution in [2.75, 3.05) is 12.3 Å². The van der Waals surface area contributed by atoms with E-state index in [0.717, 1.165) is 22.6 Å². The van der Waals surface area contributed by atoms with Crippen molar-refractivity contribution in [3.63, 3.8) is 0 Å². The Kier molecular flexibility index (Phi) is 3.10. The summed E-state index contributed by atoms with van der Waals surface area (Å²) in [4.78, 5) is 0. The summed E-state index contributed by atoms with van der Waals surface area (Å²) in [5, 5.41) is 0. The van der Waals surface area contributed by atoms with Gasteiger partial charge in [0, 0.05) is 17.3 Å². The average Bonchev–Trinajstić information content (AvgIpc) is 2.31. The first-order valence-corrected chi connectivity index (χ1v) is 5.39. The van der Waals surface area contributed by atoms with Gasteiger partial charge in [0.2, 0.25) is 0 Å². The molecular weight excluding hydrogens is 198 g/mol. The van der Waals surface area contributed by atoms with E-state index in [9.17, 15) is 0 Å². The molecule has 0 fully saturated rings. The van der Waals surface area contributed by atoms with Crippen LogP contribution in [-0.2, 0) is 0 Å². The predicted molar refractivity (Wildman–Crippen MR) is 67.5 cm³/mol. The lowest BCUT2D eigenvalue weighted by Gasteiger charge is -2.08. The van der Waals surface area contributed by atoms with Crippen molar-refractivity contribution in [1.29, 1.82) is 0 Å². The molecule has 0 saturated carbocycles. The summed E-state index contributed by atoms with van der Waals surface area (Å²) in [5.41, 5.74) is 8.92. The van der Waals surface area contributed by atoms with Gasteiger partial charge in [0.05, 0.1) is 6.61 Å². The molecule has 0 atom stereocenters. The molecule has 2 nitrogen and oxygen atoms in total. The molecule has 0 unspecified atom stereocenters. The number of benzene rings is 2. The Morgan fingerprint density at radius 2 is 1.81 bits per heavy atom. The lowest BCUT2D eigenvalue weighted by molar-refractivity contribution is 0.340. The van der Waals surface area contributed by atoms with E-state index in [4.69, 9.17) is 10.5 Å². The van der Waals surface area contributed by atoms with Crippen LogP contribution >= 0.6 is 0 Å². The van der Waals surface area contributed by atoms with Crippen molar-refractivity contribution in [2.24, 2.45) is 0 Å². The zero-order valence-corrected chi connectivity index (χ0v) is 9.31. The molecule has 2 heteroatoms. The largest absolute Gasteiger partial charge is 0.494 e. The lowest BCUT2D eigenvalue weighted by atomic mass is 10.0. The van der Waals surface area contributed by atoms with E-state index in [0.29, 0.717) is 6.61 Å². The molecule has 2 aromatic rings. The molecule has 0 heterocycles. The van der Waals surface area contributed by atoms with Crippen LogP contribution in [0.3, 0.4) is 0 Å². The maximum absolute atomic E-state index is 6.00. The first-order valence-electron chi connectivity index (χ1n) is 5.39. The van der Waals surface area contributed by atoms with E-state index >= 15 is 0 Å². The maximum Gasteiger partial charge on any atom is 0.121 e. The third-order valence-electron chi connectivity index (χ3n) is 2.42.